The molecule has 1 rings (SSSR count). The average molecular weight is 211 g/mol. The molecule has 0 radical (unpaired) electrons. The minimum atomic E-state index is 0. The van der Waals surface area contributed by atoms with E-state index in [0.29, 0.717) is 5.25 Å². The van der Waals surface area contributed by atoms with Crippen molar-refractivity contribution in [3.05, 3.63) is 0 Å². The van der Waals surface area contributed by atoms with E-state index in [1.165, 1.54) is 32.1 Å². The Morgan fingerprint density at radius 3 is 1.75 bits per heavy atom. The van der Waals surface area contributed by atoms with Gasteiger partial charge in [0.2, 0.25) is 0 Å². The number of rotatable bonds is 0. The van der Waals surface area contributed by atoms with Crippen molar-refractivity contribution in [2.75, 3.05) is 0 Å². The smallest absolute Gasteiger partial charge is 0 e. The molecule has 0 amide bonds. The van der Waals surface area contributed by atoms with Crippen LogP contribution in [0.1, 0.15) is 32.1 Å². The summed E-state index contributed by atoms with van der Waals surface area (Å²) in [6.07, 6.45) is 6.79. The van der Waals surface area contributed by atoms with Gasteiger partial charge in [-0.1, -0.05) is 32.1 Å². The fourth-order valence-electron chi connectivity index (χ4n) is 1.07. The van der Waals surface area contributed by atoms with Crippen LogP contribution >= 0.6 is 0 Å². The predicted molar refractivity (Wildman–Crippen MR) is 34.2 cm³/mol. The van der Waals surface area contributed by atoms with E-state index in [2.05, 4.69) is 0 Å². The van der Waals surface area contributed by atoms with Gasteiger partial charge in [-0.05, 0) is 0 Å². The molecule has 0 aromatic heterocycles. The van der Waals surface area contributed by atoms with E-state index in [1.807, 2.05) is 0 Å². The quantitative estimate of drug-likeness (QED) is 0.435. The summed E-state index contributed by atoms with van der Waals surface area (Å²) >= 11 is 5.09. The zero-order chi connectivity index (χ0) is 5.11. The van der Waals surface area contributed by atoms with E-state index in [-0.39, 0.29) is 21.1 Å². The van der Waals surface area contributed by atoms with Crippen LogP contribution in [0.25, 0.3) is 0 Å². The molecule has 0 nitrogen and oxygen atoms in total. The van der Waals surface area contributed by atoms with Crippen molar-refractivity contribution >= 4 is 12.6 Å². The first-order valence-corrected chi connectivity index (χ1v) is 3.52. The molecule has 0 spiro atoms. The summed E-state index contributed by atoms with van der Waals surface area (Å²) in [5.41, 5.74) is 0. The zero-order valence-corrected chi connectivity index (χ0v) is 7.75. The van der Waals surface area contributed by atoms with Gasteiger partial charge in [-0.15, -0.1) is 0 Å². The molecule has 0 bridgehead atoms. The van der Waals surface area contributed by atoms with Gasteiger partial charge < -0.3 is 12.6 Å². The van der Waals surface area contributed by atoms with E-state index in [9.17, 15) is 0 Å². The number of hydrogen-bond acceptors (Lipinski definition) is 1. The molecule has 1 saturated carbocycles. The Morgan fingerprint density at radius 1 is 1.00 bits per heavy atom. The van der Waals surface area contributed by atoms with Crippen LogP contribution in [-0.2, 0) is 33.7 Å². The summed E-state index contributed by atoms with van der Waals surface area (Å²) in [6.45, 7) is 0. The third-order valence-electron chi connectivity index (χ3n) is 1.55. The Hall–Kier alpha value is 1.04. The molecule has 0 heterocycles. The maximum atomic E-state index is 5.09. The van der Waals surface area contributed by atoms with Crippen LogP contribution in [0.3, 0.4) is 0 Å². The zero-order valence-electron chi connectivity index (χ0n) is 4.93. The maximum Gasteiger partial charge on any atom is 0 e. The van der Waals surface area contributed by atoms with Crippen molar-refractivity contribution in [2.24, 2.45) is 0 Å². The molecule has 0 atom stereocenters. The van der Waals surface area contributed by atoms with E-state index < -0.39 is 0 Å². The third-order valence-corrected chi connectivity index (χ3v) is 2.02. The topological polar surface area (TPSA) is 0 Å². The van der Waals surface area contributed by atoms with Crippen LogP contribution in [0.4, 0.5) is 0 Å². The van der Waals surface area contributed by atoms with Crippen LogP contribution in [-0.4, -0.2) is 5.25 Å². The molecule has 1 fully saturated rings. The molecular weight excluding hydrogens is 200 g/mol. The monoisotopic (exact) mass is 213 g/mol. The molecule has 1 aliphatic carbocycles. The molecule has 0 saturated heterocycles. The van der Waals surface area contributed by atoms with E-state index in [4.69, 9.17) is 12.6 Å². The van der Waals surface area contributed by atoms with Crippen molar-refractivity contribution in [3.8, 4) is 0 Å². The van der Waals surface area contributed by atoms with Gasteiger partial charge in [-0.2, -0.15) is 5.25 Å². The average Bonchev–Trinajstić information content (AvgIpc) is 1.69. The minimum Gasteiger partial charge on any atom is -0.789 e. The summed E-state index contributed by atoms with van der Waals surface area (Å²) in [5, 5.41) is 0.619. The summed E-state index contributed by atoms with van der Waals surface area (Å²) in [6, 6.07) is 0. The van der Waals surface area contributed by atoms with Gasteiger partial charge in [-0.25, -0.2) is 0 Å². The minimum absolute atomic E-state index is 0. The van der Waals surface area contributed by atoms with Gasteiger partial charge in [0.25, 0.3) is 0 Å². The van der Waals surface area contributed by atoms with Gasteiger partial charge in [-0.3, -0.25) is 0 Å². The van der Waals surface area contributed by atoms with Crippen LogP contribution in [0.5, 0.6) is 0 Å². The van der Waals surface area contributed by atoms with Crippen molar-refractivity contribution in [2.45, 2.75) is 37.4 Å². The molecule has 0 aromatic carbocycles. The van der Waals surface area contributed by atoms with Gasteiger partial charge in [0.05, 0.1) is 0 Å². The summed E-state index contributed by atoms with van der Waals surface area (Å²) in [7, 11) is 0. The van der Waals surface area contributed by atoms with E-state index in [0.717, 1.165) is 0 Å². The summed E-state index contributed by atoms with van der Waals surface area (Å²) in [5.74, 6) is 0. The SMILES string of the molecule is [Mo].[S-]C1CCCCC1. The first-order valence-electron chi connectivity index (χ1n) is 3.05. The molecule has 0 N–H and O–H groups in total. The van der Waals surface area contributed by atoms with Crippen LogP contribution < -0.4 is 0 Å². The molecule has 0 aliphatic heterocycles. The molecular formula is C6H11MoS-. The summed E-state index contributed by atoms with van der Waals surface area (Å²) in [4.78, 5) is 0. The fraction of sp³-hybridized carbons (Fsp3) is 1.00. The van der Waals surface area contributed by atoms with Gasteiger partial charge in [0.15, 0.2) is 0 Å². The molecule has 0 unspecified atom stereocenters. The van der Waals surface area contributed by atoms with Crippen molar-refractivity contribution in [1.29, 1.82) is 0 Å². The largest absolute Gasteiger partial charge is 0.789 e. The van der Waals surface area contributed by atoms with E-state index >= 15 is 0 Å². The standard InChI is InChI=1S/C6H12S.Mo/c7-6-4-2-1-3-5-6;/h6-7H,1-5H2;/p-1. The van der Waals surface area contributed by atoms with Crippen LogP contribution in [0, 0.1) is 0 Å². The second-order valence-electron chi connectivity index (χ2n) is 2.26. The van der Waals surface area contributed by atoms with E-state index in [1.54, 1.807) is 0 Å². The second-order valence-corrected chi connectivity index (χ2v) is 2.93. The first-order chi connectivity index (χ1) is 3.39. The number of hydrogen-bond donors (Lipinski definition) is 0. The Morgan fingerprint density at radius 2 is 1.50 bits per heavy atom. The van der Waals surface area contributed by atoms with Crippen molar-refractivity contribution in [1.82, 2.24) is 0 Å². The molecule has 1 aliphatic rings. The van der Waals surface area contributed by atoms with Crippen molar-refractivity contribution < 1.29 is 21.1 Å². The third kappa shape index (κ3) is 3.14. The maximum absolute atomic E-state index is 5.09. The molecule has 2 heteroatoms. The predicted octanol–water partition coefficient (Wildman–Crippen LogP) is 1.86. The summed E-state index contributed by atoms with van der Waals surface area (Å²) < 4.78 is 0. The van der Waals surface area contributed by atoms with Gasteiger partial charge >= 0.3 is 0 Å². The Bertz CT molecular complexity index is 50.5. The van der Waals surface area contributed by atoms with Gasteiger partial charge in [0, 0.05) is 21.1 Å². The van der Waals surface area contributed by atoms with Crippen LogP contribution in [0.2, 0.25) is 0 Å². The van der Waals surface area contributed by atoms with Crippen LogP contribution in [0.15, 0.2) is 0 Å². The van der Waals surface area contributed by atoms with Crippen molar-refractivity contribution in [3.63, 3.8) is 0 Å². The Balaban J connectivity index is 0.000000490. The first kappa shape index (κ1) is 9.04. The Kier molecular flexibility index (Phi) is 5.51. The normalized spacial score (nSPS) is 22.1. The Labute approximate surface area is 71.1 Å². The van der Waals surface area contributed by atoms with Gasteiger partial charge in [0.1, 0.15) is 0 Å². The molecule has 0 aromatic rings. The molecule has 8 heavy (non-hydrogen) atoms. The second kappa shape index (κ2) is 4.87. The fourth-order valence-corrected chi connectivity index (χ4v) is 1.40. The molecule has 48 valence electrons.